The molecule has 6 heteroatoms. The van der Waals surface area contributed by atoms with Gasteiger partial charge < -0.3 is 4.74 Å². The lowest BCUT2D eigenvalue weighted by Crippen LogP contribution is -2.49. The highest BCUT2D eigenvalue weighted by atomic mass is 32.2. The molecular weight excluding hydrogens is 372 g/mol. The number of ether oxygens (including phenoxy) is 1. The molecule has 5 nitrogen and oxygen atoms in total. The van der Waals surface area contributed by atoms with Gasteiger partial charge in [0.05, 0.1) is 17.9 Å². The van der Waals surface area contributed by atoms with Gasteiger partial charge in [-0.3, -0.25) is 9.59 Å². The maximum Gasteiger partial charge on any atom is 0.313 e. The van der Waals surface area contributed by atoms with Gasteiger partial charge in [-0.15, -0.1) is 0 Å². The average molecular weight is 399 g/mol. The van der Waals surface area contributed by atoms with Crippen LogP contribution in [0, 0.1) is 29.1 Å². The molecule has 0 amide bonds. The number of nitrogens with zero attached hydrogens (tertiary/aromatic N) is 2. The molecule has 1 heterocycles. The first-order valence-electron chi connectivity index (χ1n) is 10.2. The fourth-order valence-corrected chi connectivity index (χ4v) is 6.76. The molecule has 0 aliphatic heterocycles. The second-order valence-electron chi connectivity index (χ2n) is 8.67. The Hall–Kier alpha value is -1.87. The lowest BCUT2D eigenvalue weighted by Gasteiger charge is -2.56. The molecule has 0 atom stereocenters. The van der Waals surface area contributed by atoms with E-state index in [1.165, 1.54) is 50.3 Å². The number of nitriles is 1. The second-order valence-corrected chi connectivity index (χ2v) is 9.63. The summed E-state index contributed by atoms with van der Waals surface area (Å²) in [5.74, 6) is 1.91. The smallest absolute Gasteiger partial charge is 0.313 e. The van der Waals surface area contributed by atoms with Crippen LogP contribution in [0.1, 0.15) is 63.1 Å². The topological polar surface area (TPSA) is 80.1 Å². The first-order valence-corrected chi connectivity index (χ1v) is 11.2. The summed E-state index contributed by atoms with van der Waals surface area (Å²) in [6, 6.07) is 6.09. The van der Waals surface area contributed by atoms with Gasteiger partial charge in [0, 0.05) is 11.1 Å². The Balaban J connectivity index is 1.50. The number of aromatic nitrogens is 1. The number of pyridine rings is 1. The van der Waals surface area contributed by atoms with Crippen LogP contribution in [0.2, 0.25) is 0 Å². The summed E-state index contributed by atoms with van der Waals surface area (Å²) < 4.78 is 4.83. The summed E-state index contributed by atoms with van der Waals surface area (Å²) in [5.41, 5.74) is 1.76. The third kappa shape index (κ3) is 3.82. The molecule has 28 heavy (non-hydrogen) atoms. The van der Waals surface area contributed by atoms with Gasteiger partial charge in [0.1, 0.15) is 17.5 Å². The molecule has 0 saturated heterocycles. The van der Waals surface area contributed by atoms with E-state index in [1.54, 1.807) is 6.92 Å². The van der Waals surface area contributed by atoms with E-state index in [1.807, 2.05) is 12.1 Å². The SMILES string of the molecule is CCOC(=O)CC(=O)CSc1nc(C23CC4CC(CC(C4)C2)C3)ccc1C#N. The Labute approximate surface area is 170 Å². The maximum atomic E-state index is 12.1. The van der Waals surface area contributed by atoms with Crippen LogP contribution in [-0.4, -0.2) is 29.1 Å². The van der Waals surface area contributed by atoms with Crippen molar-refractivity contribution in [3.8, 4) is 6.07 Å². The molecule has 4 bridgehead atoms. The highest BCUT2D eigenvalue weighted by molar-refractivity contribution is 8.00. The molecular formula is C22H26N2O3S. The van der Waals surface area contributed by atoms with E-state index in [4.69, 9.17) is 9.72 Å². The Morgan fingerprint density at radius 1 is 1.21 bits per heavy atom. The van der Waals surface area contributed by atoms with Crippen LogP contribution < -0.4 is 0 Å². The Kier molecular flexibility index (Phi) is 5.46. The molecule has 4 saturated carbocycles. The van der Waals surface area contributed by atoms with Crippen LogP contribution in [0.25, 0.3) is 0 Å². The first-order chi connectivity index (χ1) is 13.5. The van der Waals surface area contributed by atoms with Gasteiger partial charge in [-0.2, -0.15) is 5.26 Å². The molecule has 1 aromatic heterocycles. The Morgan fingerprint density at radius 3 is 2.43 bits per heavy atom. The summed E-state index contributed by atoms with van der Waals surface area (Å²) >= 11 is 1.27. The van der Waals surface area contributed by atoms with Crippen molar-refractivity contribution in [2.45, 2.75) is 62.3 Å². The van der Waals surface area contributed by atoms with E-state index in [-0.39, 0.29) is 30.0 Å². The molecule has 4 aliphatic rings. The lowest BCUT2D eigenvalue weighted by molar-refractivity contribution is -0.145. The number of thioether (sulfide) groups is 1. The number of hydrogen-bond donors (Lipinski definition) is 0. The molecule has 1 aromatic rings. The van der Waals surface area contributed by atoms with E-state index in [0.717, 1.165) is 23.4 Å². The molecule has 0 aromatic carbocycles. The molecule has 4 fully saturated rings. The largest absolute Gasteiger partial charge is 0.466 e. The molecule has 0 unspecified atom stereocenters. The van der Waals surface area contributed by atoms with Gasteiger partial charge in [0.2, 0.25) is 0 Å². The van der Waals surface area contributed by atoms with Crippen molar-refractivity contribution in [1.29, 1.82) is 5.26 Å². The van der Waals surface area contributed by atoms with Gasteiger partial charge in [0.15, 0.2) is 5.78 Å². The normalized spacial score (nSPS) is 30.1. The van der Waals surface area contributed by atoms with Crippen LogP contribution in [0.4, 0.5) is 0 Å². The monoisotopic (exact) mass is 398 g/mol. The number of esters is 1. The van der Waals surface area contributed by atoms with E-state index in [0.29, 0.717) is 10.6 Å². The molecule has 5 rings (SSSR count). The van der Waals surface area contributed by atoms with Crippen LogP contribution in [0.5, 0.6) is 0 Å². The van der Waals surface area contributed by atoms with E-state index in [2.05, 4.69) is 6.07 Å². The number of hydrogen-bond acceptors (Lipinski definition) is 6. The average Bonchev–Trinajstić information content (AvgIpc) is 2.65. The maximum absolute atomic E-state index is 12.1. The van der Waals surface area contributed by atoms with Crippen LogP contribution >= 0.6 is 11.8 Å². The van der Waals surface area contributed by atoms with Crippen LogP contribution in [-0.2, 0) is 19.7 Å². The van der Waals surface area contributed by atoms with Gasteiger partial charge in [-0.05, 0) is 75.3 Å². The second kappa shape index (κ2) is 7.87. The molecule has 148 valence electrons. The summed E-state index contributed by atoms with van der Waals surface area (Å²) in [6.07, 6.45) is 7.53. The molecule has 0 N–H and O–H groups in total. The first kappa shape index (κ1) is 19.4. The van der Waals surface area contributed by atoms with Gasteiger partial charge in [-0.1, -0.05) is 11.8 Å². The Bertz CT molecular complexity index is 794. The summed E-state index contributed by atoms with van der Waals surface area (Å²) in [7, 11) is 0. The summed E-state index contributed by atoms with van der Waals surface area (Å²) in [4.78, 5) is 28.4. The minimum atomic E-state index is -0.496. The summed E-state index contributed by atoms with van der Waals surface area (Å²) in [6.45, 7) is 1.99. The van der Waals surface area contributed by atoms with Gasteiger partial charge in [-0.25, -0.2) is 4.98 Å². The van der Waals surface area contributed by atoms with Crippen molar-refractivity contribution in [3.05, 3.63) is 23.4 Å². The Morgan fingerprint density at radius 2 is 1.86 bits per heavy atom. The van der Waals surface area contributed by atoms with Crippen LogP contribution in [0.3, 0.4) is 0 Å². The zero-order valence-electron chi connectivity index (χ0n) is 16.3. The number of rotatable bonds is 7. The van der Waals surface area contributed by atoms with Crippen LogP contribution in [0.15, 0.2) is 17.2 Å². The molecule has 0 spiro atoms. The molecule has 0 radical (unpaired) electrons. The predicted molar refractivity (Wildman–Crippen MR) is 106 cm³/mol. The number of carbonyl (C=O) groups excluding carboxylic acids is 2. The fourth-order valence-electron chi connectivity index (χ4n) is 5.93. The zero-order valence-corrected chi connectivity index (χ0v) is 17.1. The predicted octanol–water partition coefficient (Wildman–Crippen LogP) is 4.04. The standard InChI is InChI=1S/C22H26N2O3S/c1-2-27-20(26)8-18(25)13-28-21-17(12-23)3-4-19(24-21)22-9-14-5-15(10-22)7-16(6-14)11-22/h3-4,14-16H,2,5-11,13H2,1H3. The number of Topliss-reactive ketones (excluding diaryl/α,β-unsaturated/α-hetero) is 1. The lowest BCUT2D eigenvalue weighted by atomic mass is 9.49. The van der Waals surface area contributed by atoms with Crippen molar-refractivity contribution in [1.82, 2.24) is 4.98 Å². The van der Waals surface area contributed by atoms with Gasteiger partial charge in [0.25, 0.3) is 0 Å². The third-order valence-electron chi connectivity index (χ3n) is 6.58. The third-order valence-corrected chi connectivity index (χ3v) is 7.63. The van der Waals surface area contributed by atoms with E-state index < -0.39 is 5.97 Å². The fraction of sp³-hybridized carbons (Fsp3) is 0.636. The highest BCUT2D eigenvalue weighted by Gasteiger charge is 2.52. The van der Waals surface area contributed by atoms with E-state index >= 15 is 0 Å². The van der Waals surface area contributed by atoms with Crippen molar-refractivity contribution in [2.75, 3.05) is 12.4 Å². The van der Waals surface area contributed by atoms with Crippen molar-refractivity contribution in [3.63, 3.8) is 0 Å². The minimum absolute atomic E-state index is 0.130. The number of carbonyl (C=O) groups is 2. The van der Waals surface area contributed by atoms with Gasteiger partial charge >= 0.3 is 5.97 Å². The highest BCUT2D eigenvalue weighted by Crippen LogP contribution is 2.60. The molecule has 4 aliphatic carbocycles. The summed E-state index contributed by atoms with van der Waals surface area (Å²) in [5, 5.41) is 10.1. The van der Waals surface area contributed by atoms with Crippen molar-refractivity contribution >= 4 is 23.5 Å². The van der Waals surface area contributed by atoms with Crippen molar-refractivity contribution < 1.29 is 14.3 Å². The number of ketones is 1. The minimum Gasteiger partial charge on any atom is -0.466 e. The van der Waals surface area contributed by atoms with E-state index in [9.17, 15) is 14.9 Å². The van der Waals surface area contributed by atoms with Crippen molar-refractivity contribution in [2.24, 2.45) is 17.8 Å². The quantitative estimate of drug-likeness (QED) is 0.392. The zero-order chi connectivity index (χ0) is 19.7.